The number of methoxy groups -OCH3 is 4. The van der Waals surface area contributed by atoms with Gasteiger partial charge in [-0.25, -0.2) is 4.79 Å². The number of ether oxygens (including phenoxy) is 6. The summed E-state index contributed by atoms with van der Waals surface area (Å²) in [5.41, 5.74) is 0.00807. The first-order valence-corrected chi connectivity index (χ1v) is 14.2. The van der Waals surface area contributed by atoms with E-state index in [1.54, 1.807) is 20.8 Å². The lowest BCUT2D eigenvalue weighted by Crippen LogP contribution is -2.52. The van der Waals surface area contributed by atoms with Gasteiger partial charge in [-0.05, 0) is 39.2 Å². The summed E-state index contributed by atoms with van der Waals surface area (Å²) in [6.45, 7) is 5.56. The fourth-order valence-electron chi connectivity index (χ4n) is 3.89. The van der Waals surface area contributed by atoms with Crippen molar-refractivity contribution in [2.75, 3.05) is 54.7 Å². The fraction of sp³-hybridized carbons (Fsp3) is 0.667. The van der Waals surface area contributed by atoms with Crippen molar-refractivity contribution in [2.45, 2.75) is 77.1 Å². The smallest absolute Gasteiger partial charge is 0.408 e. The van der Waals surface area contributed by atoms with Gasteiger partial charge in [0.1, 0.15) is 18.2 Å². The molecule has 0 radical (unpaired) electrons. The molecular weight excluding hydrogens is 562 g/mol. The van der Waals surface area contributed by atoms with Crippen molar-refractivity contribution in [2.24, 2.45) is 0 Å². The summed E-state index contributed by atoms with van der Waals surface area (Å²) in [5, 5.41) is 5.34. The van der Waals surface area contributed by atoms with Crippen molar-refractivity contribution in [3.63, 3.8) is 0 Å². The number of carbonyl (C=O) groups is 4. The third-order valence-corrected chi connectivity index (χ3v) is 6.13. The zero-order valence-electron chi connectivity index (χ0n) is 26.5. The number of hydrogen-bond donors (Lipinski definition) is 2. The van der Waals surface area contributed by atoms with Crippen LogP contribution in [0.3, 0.4) is 0 Å². The second-order valence-corrected chi connectivity index (χ2v) is 10.8. The van der Waals surface area contributed by atoms with E-state index in [-0.39, 0.29) is 39.1 Å². The number of esters is 1. The normalized spacial score (nSPS) is 12.7. The van der Waals surface area contributed by atoms with Gasteiger partial charge in [0, 0.05) is 61.0 Å². The summed E-state index contributed by atoms with van der Waals surface area (Å²) in [7, 11) is 6.06. The number of rotatable bonds is 20. The molecule has 1 aromatic rings. The van der Waals surface area contributed by atoms with Gasteiger partial charge in [0.15, 0.2) is 6.29 Å². The number of nitrogens with zero attached hydrogens (tertiary/aromatic N) is 1. The second kappa shape index (κ2) is 20.6. The Labute approximate surface area is 254 Å². The third-order valence-electron chi connectivity index (χ3n) is 6.13. The molecule has 0 saturated heterocycles. The summed E-state index contributed by atoms with van der Waals surface area (Å²) in [6.07, 6.45) is -1.11. The third kappa shape index (κ3) is 16.8. The lowest BCUT2D eigenvalue weighted by molar-refractivity contribution is -0.145. The molecule has 2 atom stereocenters. The van der Waals surface area contributed by atoms with Crippen LogP contribution >= 0.6 is 0 Å². The van der Waals surface area contributed by atoms with Gasteiger partial charge in [0.25, 0.3) is 0 Å². The van der Waals surface area contributed by atoms with Crippen LogP contribution in [0.5, 0.6) is 0 Å². The largest absolute Gasteiger partial charge is 0.461 e. The van der Waals surface area contributed by atoms with E-state index in [1.807, 2.05) is 30.3 Å². The molecule has 0 aliphatic rings. The van der Waals surface area contributed by atoms with Gasteiger partial charge in [-0.1, -0.05) is 30.3 Å². The highest BCUT2D eigenvalue weighted by atomic mass is 16.7. The summed E-state index contributed by atoms with van der Waals surface area (Å²) in [4.78, 5) is 53.1. The molecule has 43 heavy (non-hydrogen) atoms. The molecule has 0 heterocycles. The van der Waals surface area contributed by atoms with E-state index in [9.17, 15) is 19.2 Å². The van der Waals surface area contributed by atoms with Crippen LogP contribution < -0.4 is 10.6 Å². The molecule has 1 unspecified atom stereocenters. The molecule has 0 fully saturated rings. The van der Waals surface area contributed by atoms with E-state index in [0.29, 0.717) is 19.4 Å². The molecule has 0 saturated carbocycles. The first-order chi connectivity index (χ1) is 20.4. The average molecular weight is 612 g/mol. The molecule has 0 aliphatic carbocycles. The van der Waals surface area contributed by atoms with Crippen LogP contribution in [0.4, 0.5) is 4.79 Å². The van der Waals surface area contributed by atoms with Crippen molar-refractivity contribution >= 4 is 23.9 Å². The van der Waals surface area contributed by atoms with Crippen LogP contribution in [-0.4, -0.2) is 107 Å². The van der Waals surface area contributed by atoms with Crippen molar-refractivity contribution in [3.05, 3.63) is 35.9 Å². The highest BCUT2D eigenvalue weighted by molar-refractivity contribution is 5.90. The minimum absolute atomic E-state index is 0.0602. The lowest BCUT2D eigenvalue weighted by Gasteiger charge is -2.29. The van der Waals surface area contributed by atoms with Crippen LogP contribution in [-0.2, 0) is 49.4 Å². The summed E-state index contributed by atoms with van der Waals surface area (Å²) < 4.78 is 31.6. The molecule has 1 aromatic carbocycles. The van der Waals surface area contributed by atoms with Gasteiger partial charge >= 0.3 is 12.1 Å². The number of nitrogens with one attached hydrogen (secondary N) is 2. The van der Waals surface area contributed by atoms with Crippen molar-refractivity contribution in [3.8, 4) is 0 Å². The molecule has 13 nitrogen and oxygen atoms in total. The molecule has 0 bridgehead atoms. The number of amides is 3. The second-order valence-electron chi connectivity index (χ2n) is 10.8. The van der Waals surface area contributed by atoms with E-state index >= 15 is 0 Å². The van der Waals surface area contributed by atoms with Crippen LogP contribution in [0.1, 0.15) is 52.0 Å². The summed E-state index contributed by atoms with van der Waals surface area (Å²) in [5.74, 6) is -1.51. The predicted octanol–water partition coefficient (Wildman–Crippen LogP) is 2.41. The topological polar surface area (TPSA) is 151 Å². The average Bonchev–Trinajstić information content (AvgIpc) is 2.97. The monoisotopic (exact) mass is 611 g/mol. The predicted molar refractivity (Wildman–Crippen MR) is 158 cm³/mol. The van der Waals surface area contributed by atoms with Gasteiger partial charge in [-0.2, -0.15) is 0 Å². The first kappa shape index (κ1) is 37.8. The fourth-order valence-corrected chi connectivity index (χ4v) is 3.89. The maximum absolute atomic E-state index is 13.7. The van der Waals surface area contributed by atoms with Crippen molar-refractivity contribution < 1.29 is 47.6 Å². The molecular formula is C30H49N3O10. The molecule has 13 heteroatoms. The van der Waals surface area contributed by atoms with Gasteiger partial charge in [0.05, 0.1) is 12.6 Å². The SMILES string of the molecule is COCCCN(CC(=O)NCC(CC(OC)OC)OC)C(=O)[C@H](CCC(=O)OCc1ccccc1)NC(=O)OC(C)(C)C. The first-order valence-electron chi connectivity index (χ1n) is 14.2. The Morgan fingerprint density at radius 2 is 1.63 bits per heavy atom. The van der Waals surface area contributed by atoms with E-state index in [2.05, 4.69) is 10.6 Å². The molecule has 0 spiro atoms. The Hall–Kier alpha value is -3.26. The number of benzene rings is 1. The van der Waals surface area contributed by atoms with Crippen molar-refractivity contribution in [1.82, 2.24) is 15.5 Å². The highest BCUT2D eigenvalue weighted by Crippen LogP contribution is 2.11. The number of hydrogen-bond acceptors (Lipinski definition) is 10. The molecule has 244 valence electrons. The molecule has 0 aliphatic heterocycles. The standard InChI is InChI=1S/C30H49N3O10/c1-30(2,3)43-29(37)32-24(14-15-26(35)42-21-22-12-9-8-10-13-22)28(36)33(16-11-17-38-4)20-25(34)31-19-23(39-5)18-27(40-6)41-7/h8-10,12-13,23-24,27H,11,14-21H2,1-7H3,(H,31,34)(H,32,37)/t23?,24-/m0/s1. The van der Waals surface area contributed by atoms with Crippen LogP contribution in [0.25, 0.3) is 0 Å². The van der Waals surface area contributed by atoms with Gasteiger partial charge in [0.2, 0.25) is 11.8 Å². The highest BCUT2D eigenvalue weighted by Gasteiger charge is 2.30. The Morgan fingerprint density at radius 1 is 0.953 bits per heavy atom. The summed E-state index contributed by atoms with van der Waals surface area (Å²) >= 11 is 0. The van der Waals surface area contributed by atoms with Gasteiger partial charge < -0.3 is 44.0 Å². The maximum atomic E-state index is 13.7. The minimum Gasteiger partial charge on any atom is -0.461 e. The quantitative estimate of drug-likeness (QED) is 0.128. The van der Waals surface area contributed by atoms with Crippen LogP contribution in [0.15, 0.2) is 30.3 Å². The van der Waals surface area contributed by atoms with Gasteiger partial charge in [-0.3, -0.25) is 14.4 Å². The lowest BCUT2D eigenvalue weighted by atomic mass is 10.1. The molecule has 3 amide bonds. The Morgan fingerprint density at radius 3 is 2.21 bits per heavy atom. The Bertz CT molecular complexity index is 967. The molecule has 1 rings (SSSR count). The van der Waals surface area contributed by atoms with E-state index in [1.165, 1.54) is 33.3 Å². The zero-order valence-corrected chi connectivity index (χ0v) is 26.5. The van der Waals surface area contributed by atoms with Gasteiger partial charge in [-0.15, -0.1) is 0 Å². The molecule has 0 aromatic heterocycles. The number of carbonyl (C=O) groups excluding carboxylic acids is 4. The maximum Gasteiger partial charge on any atom is 0.408 e. The zero-order chi connectivity index (χ0) is 32.3. The van der Waals surface area contributed by atoms with E-state index in [0.717, 1.165) is 5.56 Å². The van der Waals surface area contributed by atoms with Crippen LogP contribution in [0.2, 0.25) is 0 Å². The van der Waals surface area contributed by atoms with Crippen molar-refractivity contribution in [1.29, 1.82) is 0 Å². The minimum atomic E-state index is -1.15. The summed E-state index contributed by atoms with van der Waals surface area (Å²) in [6, 6.07) is 8.04. The van der Waals surface area contributed by atoms with Crippen LogP contribution in [0, 0.1) is 0 Å². The molecule has 2 N–H and O–H groups in total. The Balaban J connectivity index is 2.96. The Kier molecular flexibility index (Phi) is 18.1. The number of alkyl carbamates (subject to hydrolysis) is 1. The van der Waals surface area contributed by atoms with E-state index < -0.39 is 47.9 Å². The van der Waals surface area contributed by atoms with E-state index in [4.69, 9.17) is 28.4 Å².